The fourth-order valence-electron chi connectivity index (χ4n) is 2.35. The van der Waals surface area contributed by atoms with Crippen LogP contribution >= 0.6 is 11.6 Å². The number of methoxy groups -OCH3 is 1. The minimum atomic E-state index is -0.284. The lowest BCUT2D eigenvalue weighted by Gasteiger charge is -2.15. The molecule has 0 aromatic heterocycles. The SMILES string of the molecule is COCCN1C[C@@H](C(=O)NCc2cccc(Cl)c2)CC1=O. The van der Waals surface area contributed by atoms with Crippen molar-refractivity contribution in [2.24, 2.45) is 5.92 Å². The molecule has 1 saturated heterocycles. The number of hydrogen-bond acceptors (Lipinski definition) is 3. The van der Waals surface area contributed by atoms with Crippen LogP contribution in [0.3, 0.4) is 0 Å². The molecule has 1 aromatic rings. The fourth-order valence-corrected chi connectivity index (χ4v) is 2.56. The normalized spacial score (nSPS) is 18.1. The number of benzene rings is 1. The molecule has 1 atom stereocenters. The lowest BCUT2D eigenvalue weighted by Crippen LogP contribution is -2.33. The Bertz CT molecular complexity index is 521. The molecule has 0 spiro atoms. The molecule has 2 amide bonds. The summed E-state index contributed by atoms with van der Waals surface area (Å²) in [5.74, 6) is -0.369. The van der Waals surface area contributed by atoms with Gasteiger partial charge in [0.1, 0.15) is 0 Å². The summed E-state index contributed by atoms with van der Waals surface area (Å²) in [6, 6.07) is 7.34. The maximum atomic E-state index is 12.1. The molecule has 1 aliphatic rings. The number of rotatable bonds is 6. The van der Waals surface area contributed by atoms with Gasteiger partial charge in [0.15, 0.2) is 0 Å². The molecule has 0 aliphatic carbocycles. The van der Waals surface area contributed by atoms with Gasteiger partial charge in [-0.3, -0.25) is 9.59 Å². The van der Waals surface area contributed by atoms with Crippen molar-refractivity contribution in [3.63, 3.8) is 0 Å². The second kappa shape index (κ2) is 7.43. The Morgan fingerprint density at radius 3 is 3.05 bits per heavy atom. The van der Waals surface area contributed by atoms with E-state index in [-0.39, 0.29) is 24.2 Å². The van der Waals surface area contributed by atoms with Crippen molar-refractivity contribution in [3.8, 4) is 0 Å². The minimum absolute atomic E-state index is 0.00922. The summed E-state index contributed by atoms with van der Waals surface area (Å²) < 4.78 is 4.96. The monoisotopic (exact) mass is 310 g/mol. The van der Waals surface area contributed by atoms with Crippen LogP contribution in [0.1, 0.15) is 12.0 Å². The maximum Gasteiger partial charge on any atom is 0.225 e. The zero-order valence-corrected chi connectivity index (χ0v) is 12.7. The van der Waals surface area contributed by atoms with Gasteiger partial charge < -0.3 is 15.0 Å². The molecule has 0 saturated carbocycles. The molecule has 1 fully saturated rings. The first-order valence-electron chi connectivity index (χ1n) is 6.89. The second-order valence-corrected chi connectivity index (χ2v) is 5.52. The van der Waals surface area contributed by atoms with E-state index in [0.717, 1.165) is 5.56 Å². The quantitative estimate of drug-likeness (QED) is 0.865. The Balaban J connectivity index is 1.83. The highest BCUT2D eigenvalue weighted by molar-refractivity contribution is 6.30. The van der Waals surface area contributed by atoms with Gasteiger partial charge in [-0.05, 0) is 17.7 Å². The highest BCUT2D eigenvalue weighted by Crippen LogP contribution is 2.18. The summed E-state index contributed by atoms with van der Waals surface area (Å²) >= 11 is 5.90. The summed E-state index contributed by atoms with van der Waals surface area (Å²) in [4.78, 5) is 25.6. The Morgan fingerprint density at radius 2 is 2.33 bits per heavy atom. The molecule has 114 valence electrons. The Morgan fingerprint density at radius 1 is 1.52 bits per heavy atom. The van der Waals surface area contributed by atoms with Crippen LogP contribution in [0.4, 0.5) is 0 Å². The largest absolute Gasteiger partial charge is 0.383 e. The number of carbonyl (C=O) groups is 2. The first-order valence-corrected chi connectivity index (χ1v) is 7.27. The lowest BCUT2D eigenvalue weighted by molar-refractivity contribution is -0.129. The molecule has 6 heteroatoms. The third-order valence-corrected chi connectivity index (χ3v) is 3.74. The maximum absolute atomic E-state index is 12.1. The van der Waals surface area contributed by atoms with E-state index in [1.807, 2.05) is 18.2 Å². The second-order valence-electron chi connectivity index (χ2n) is 5.08. The molecule has 5 nitrogen and oxygen atoms in total. The van der Waals surface area contributed by atoms with Crippen LogP contribution in [0, 0.1) is 5.92 Å². The fraction of sp³-hybridized carbons (Fsp3) is 0.467. The lowest BCUT2D eigenvalue weighted by atomic mass is 10.1. The zero-order chi connectivity index (χ0) is 15.2. The number of nitrogens with one attached hydrogen (secondary N) is 1. The van der Waals surface area contributed by atoms with Gasteiger partial charge >= 0.3 is 0 Å². The number of carbonyl (C=O) groups excluding carboxylic acids is 2. The van der Waals surface area contributed by atoms with Crippen LogP contribution in [0.15, 0.2) is 24.3 Å². The summed E-state index contributed by atoms with van der Waals surface area (Å²) in [5, 5.41) is 3.50. The number of nitrogens with zero attached hydrogens (tertiary/aromatic N) is 1. The Kier molecular flexibility index (Phi) is 5.59. The number of halogens is 1. The van der Waals surface area contributed by atoms with E-state index in [9.17, 15) is 9.59 Å². The van der Waals surface area contributed by atoms with E-state index >= 15 is 0 Å². The number of ether oxygens (including phenoxy) is 1. The van der Waals surface area contributed by atoms with E-state index in [4.69, 9.17) is 16.3 Å². The summed E-state index contributed by atoms with van der Waals surface area (Å²) in [5.41, 5.74) is 0.941. The Labute approximate surface area is 129 Å². The van der Waals surface area contributed by atoms with Crippen LogP contribution in [0.2, 0.25) is 5.02 Å². The van der Waals surface area contributed by atoms with Gasteiger partial charge in [0.25, 0.3) is 0 Å². The van der Waals surface area contributed by atoms with Crippen LogP contribution in [-0.4, -0.2) is 43.5 Å². The van der Waals surface area contributed by atoms with E-state index in [2.05, 4.69) is 5.32 Å². The molecular formula is C15H19ClN2O3. The molecule has 0 bridgehead atoms. The topological polar surface area (TPSA) is 58.6 Å². The van der Waals surface area contributed by atoms with Gasteiger partial charge in [0.05, 0.1) is 12.5 Å². The predicted molar refractivity (Wildman–Crippen MR) is 79.9 cm³/mol. The molecule has 1 aliphatic heterocycles. The van der Waals surface area contributed by atoms with Gasteiger partial charge in [0, 0.05) is 38.2 Å². The van der Waals surface area contributed by atoms with Crippen LogP contribution in [0.5, 0.6) is 0 Å². The molecule has 1 N–H and O–H groups in total. The van der Waals surface area contributed by atoms with Crippen molar-refractivity contribution in [2.45, 2.75) is 13.0 Å². The smallest absolute Gasteiger partial charge is 0.225 e. The van der Waals surface area contributed by atoms with E-state index in [1.165, 1.54) is 0 Å². The summed E-state index contributed by atoms with van der Waals surface area (Å²) in [6.07, 6.45) is 0.269. The van der Waals surface area contributed by atoms with Crippen molar-refractivity contribution >= 4 is 23.4 Å². The van der Waals surface area contributed by atoms with Crippen LogP contribution in [-0.2, 0) is 20.9 Å². The highest BCUT2D eigenvalue weighted by Gasteiger charge is 2.33. The zero-order valence-electron chi connectivity index (χ0n) is 12.0. The molecule has 0 unspecified atom stereocenters. The van der Waals surface area contributed by atoms with Crippen molar-refractivity contribution in [1.82, 2.24) is 10.2 Å². The van der Waals surface area contributed by atoms with Gasteiger partial charge in [-0.25, -0.2) is 0 Å². The van der Waals surface area contributed by atoms with E-state index < -0.39 is 0 Å². The third-order valence-electron chi connectivity index (χ3n) is 3.51. The van der Waals surface area contributed by atoms with Gasteiger partial charge in [-0.15, -0.1) is 0 Å². The molecular weight excluding hydrogens is 292 g/mol. The van der Waals surface area contributed by atoms with Gasteiger partial charge in [-0.1, -0.05) is 23.7 Å². The molecule has 1 heterocycles. The van der Waals surface area contributed by atoms with Crippen LogP contribution < -0.4 is 5.32 Å². The first kappa shape index (κ1) is 15.8. The Hall–Kier alpha value is -1.59. The van der Waals surface area contributed by atoms with E-state index in [1.54, 1.807) is 18.1 Å². The summed E-state index contributed by atoms with van der Waals surface area (Å²) in [6.45, 7) is 1.90. The number of amides is 2. The van der Waals surface area contributed by atoms with Crippen molar-refractivity contribution in [3.05, 3.63) is 34.9 Å². The standard InChI is InChI=1S/C15H19ClN2O3/c1-21-6-5-18-10-12(8-14(18)19)15(20)17-9-11-3-2-4-13(16)7-11/h2-4,7,12H,5-6,8-10H2,1H3,(H,17,20)/t12-/m0/s1. The molecule has 21 heavy (non-hydrogen) atoms. The minimum Gasteiger partial charge on any atom is -0.383 e. The molecule has 1 aromatic carbocycles. The van der Waals surface area contributed by atoms with Gasteiger partial charge in [0.2, 0.25) is 11.8 Å². The number of likely N-dealkylation sites (tertiary alicyclic amines) is 1. The predicted octanol–water partition coefficient (Wildman–Crippen LogP) is 1.45. The van der Waals surface area contributed by atoms with E-state index in [0.29, 0.717) is 31.3 Å². The number of hydrogen-bond donors (Lipinski definition) is 1. The summed E-state index contributed by atoms with van der Waals surface area (Å²) in [7, 11) is 1.59. The van der Waals surface area contributed by atoms with Crippen molar-refractivity contribution in [1.29, 1.82) is 0 Å². The third kappa shape index (κ3) is 4.44. The highest BCUT2D eigenvalue weighted by atomic mass is 35.5. The van der Waals surface area contributed by atoms with Crippen molar-refractivity contribution < 1.29 is 14.3 Å². The van der Waals surface area contributed by atoms with Gasteiger partial charge in [-0.2, -0.15) is 0 Å². The van der Waals surface area contributed by atoms with Crippen molar-refractivity contribution in [2.75, 3.05) is 26.8 Å². The molecule has 2 rings (SSSR count). The average Bonchev–Trinajstić information content (AvgIpc) is 2.84. The van der Waals surface area contributed by atoms with Crippen LogP contribution in [0.25, 0.3) is 0 Å². The first-order chi connectivity index (χ1) is 10.1. The molecule has 0 radical (unpaired) electrons. The average molecular weight is 311 g/mol.